The molecule has 2 aromatic rings. The Morgan fingerprint density at radius 1 is 0.895 bits per heavy atom. The average molecular weight is 286 g/mol. The number of para-hydroxylation sites is 1. The molecule has 0 aliphatic rings. The zero-order valence-corrected chi connectivity index (χ0v) is 13.3. The predicted molar refractivity (Wildman–Crippen MR) is 70.8 cm³/mol. The Kier molecular flexibility index (Phi) is 6.03. The van der Waals surface area contributed by atoms with Gasteiger partial charge >= 0.3 is 29.6 Å². The number of rotatable bonds is 4. The largest absolute Gasteiger partial charge is 1.00 e. The van der Waals surface area contributed by atoms with Crippen LogP contribution in [0.5, 0.6) is 0 Å². The van der Waals surface area contributed by atoms with Crippen LogP contribution in [0.25, 0.3) is 0 Å². The van der Waals surface area contributed by atoms with Gasteiger partial charge in [0.2, 0.25) is 0 Å². The number of benzene rings is 2. The van der Waals surface area contributed by atoms with Crippen LogP contribution < -0.4 is 34.9 Å². The van der Waals surface area contributed by atoms with E-state index in [1.165, 1.54) is 0 Å². The number of anilines is 1. The van der Waals surface area contributed by atoms with E-state index in [0.717, 1.165) is 0 Å². The fourth-order valence-corrected chi connectivity index (χ4v) is 2.43. The van der Waals surface area contributed by atoms with E-state index in [1.807, 2.05) is 6.07 Å². The van der Waals surface area contributed by atoms with Crippen LogP contribution in [0, 0.1) is 0 Å². The van der Waals surface area contributed by atoms with Crippen molar-refractivity contribution in [3.05, 3.63) is 66.2 Å². The summed E-state index contributed by atoms with van der Waals surface area (Å²) in [4.78, 5) is 0. The molecule has 0 aliphatic heterocycles. The quantitative estimate of drug-likeness (QED) is 0.598. The summed E-state index contributed by atoms with van der Waals surface area (Å²) in [5.41, 5.74) is 1.12. The third-order valence-corrected chi connectivity index (χ3v) is 3.46. The fraction of sp³-hybridized carbons (Fsp3) is 0.0769. The van der Waals surface area contributed by atoms with Crippen LogP contribution in [0.1, 0.15) is 10.9 Å². The van der Waals surface area contributed by atoms with Gasteiger partial charge in [-0.25, -0.2) is 0 Å². The maximum atomic E-state index is 11.4. The van der Waals surface area contributed by atoms with Gasteiger partial charge < -0.3 is 5.32 Å². The second kappa shape index (κ2) is 7.07. The normalized spacial score (nSPS) is 12.3. The molecule has 0 aliphatic carbocycles. The van der Waals surface area contributed by atoms with E-state index in [1.54, 1.807) is 54.6 Å². The molecule has 19 heavy (non-hydrogen) atoms. The van der Waals surface area contributed by atoms with Crippen LogP contribution in [0.3, 0.4) is 0 Å². The van der Waals surface area contributed by atoms with E-state index in [9.17, 15) is 13.0 Å². The van der Waals surface area contributed by atoms with Crippen molar-refractivity contribution in [3.63, 3.8) is 0 Å². The van der Waals surface area contributed by atoms with Crippen LogP contribution >= 0.6 is 0 Å². The summed E-state index contributed by atoms with van der Waals surface area (Å²) in [6.07, 6.45) is 0. The first-order chi connectivity index (χ1) is 8.57. The van der Waals surface area contributed by atoms with E-state index in [0.29, 0.717) is 11.3 Å². The Labute approximate surface area is 134 Å². The molecule has 94 valence electrons. The molecule has 0 heterocycles. The van der Waals surface area contributed by atoms with E-state index in [2.05, 4.69) is 5.32 Å². The smallest absolute Gasteiger partial charge is 0.363 e. The molecule has 1 unspecified atom stereocenters. The van der Waals surface area contributed by atoms with Gasteiger partial charge in [0.25, 0.3) is 10.1 Å². The van der Waals surface area contributed by atoms with Crippen LogP contribution in [0.4, 0.5) is 5.69 Å². The second-order valence-electron chi connectivity index (χ2n) is 3.82. The summed E-state index contributed by atoms with van der Waals surface area (Å²) in [7, 11) is -4.23. The predicted octanol–water partition coefficient (Wildman–Crippen LogP) is -0.311. The zero-order valence-electron chi connectivity index (χ0n) is 10.5. The monoisotopic (exact) mass is 286 g/mol. The van der Waals surface area contributed by atoms with Gasteiger partial charge in [-0.15, -0.1) is 0 Å². The summed E-state index contributed by atoms with van der Waals surface area (Å²) in [5, 5.41) is 1.63. The van der Waals surface area contributed by atoms with Gasteiger partial charge in [-0.2, -0.15) is 8.42 Å². The molecule has 0 radical (unpaired) electrons. The molecule has 2 N–H and O–H groups in total. The van der Waals surface area contributed by atoms with Crippen molar-refractivity contribution in [2.45, 2.75) is 5.37 Å². The van der Waals surface area contributed by atoms with Gasteiger partial charge in [0.1, 0.15) is 0 Å². The van der Waals surface area contributed by atoms with Gasteiger partial charge in [0, 0.05) is 5.69 Å². The molecular formula is C13H13NNaO3S+. The summed E-state index contributed by atoms with van der Waals surface area (Å²) in [6.45, 7) is 0. The number of hydrogen-bond acceptors (Lipinski definition) is 3. The number of nitrogens with one attached hydrogen (secondary N) is 1. The van der Waals surface area contributed by atoms with Gasteiger partial charge in [-0.1, -0.05) is 48.5 Å². The van der Waals surface area contributed by atoms with Crippen molar-refractivity contribution >= 4 is 15.8 Å². The van der Waals surface area contributed by atoms with Gasteiger partial charge in [-0.05, 0) is 17.7 Å². The first-order valence-corrected chi connectivity index (χ1v) is 6.90. The summed E-state index contributed by atoms with van der Waals surface area (Å²) < 4.78 is 32.2. The van der Waals surface area contributed by atoms with E-state index in [-0.39, 0.29) is 29.6 Å². The minimum atomic E-state index is -4.23. The van der Waals surface area contributed by atoms with Crippen LogP contribution in [-0.2, 0) is 10.1 Å². The minimum Gasteiger partial charge on any atom is -0.363 e. The molecule has 0 bridgehead atoms. The standard InChI is InChI=1S/C13H13NO3S.Na/c15-18(16,17)13(11-7-3-1-4-8-11)14-12-9-5-2-6-10-12;/h1-10,13-14H,(H,15,16,17);/q;+1. The molecule has 2 rings (SSSR count). The molecule has 6 heteroatoms. The molecule has 0 amide bonds. The SMILES string of the molecule is O=S(=O)(O)C(Nc1ccccc1)c1ccccc1.[Na+]. The van der Waals surface area contributed by atoms with E-state index in [4.69, 9.17) is 0 Å². The van der Waals surface area contributed by atoms with Crippen molar-refractivity contribution in [2.24, 2.45) is 0 Å². The Bertz CT molecular complexity index is 602. The van der Waals surface area contributed by atoms with Gasteiger partial charge in [-0.3, -0.25) is 4.55 Å². The maximum Gasteiger partial charge on any atom is 1.00 e. The Morgan fingerprint density at radius 2 is 1.37 bits per heavy atom. The molecule has 0 aromatic heterocycles. The Balaban J connectivity index is 0.00000180. The van der Waals surface area contributed by atoms with E-state index >= 15 is 0 Å². The Morgan fingerprint density at radius 3 is 1.84 bits per heavy atom. The zero-order chi connectivity index (χ0) is 13.0. The topological polar surface area (TPSA) is 66.4 Å². The molecule has 0 saturated carbocycles. The first kappa shape index (κ1) is 16.2. The summed E-state index contributed by atoms with van der Waals surface area (Å²) in [6, 6.07) is 17.4. The molecule has 0 saturated heterocycles. The van der Waals surface area contributed by atoms with Crippen LogP contribution in [0.2, 0.25) is 0 Å². The number of hydrogen-bond donors (Lipinski definition) is 2. The molecular weight excluding hydrogens is 273 g/mol. The molecule has 1 atom stereocenters. The third kappa shape index (κ3) is 4.63. The van der Waals surface area contributed by atoms with Crippen molar-refractivity contribution in [1.29, 1.82) is 0 Å². The van der Waals surface area contributed by atoms with Gasteiger partial charge in [0.05, 0.1) is 0 Å². The van der Waals surface area contributed by atoms with Crippen LogP contribution in [0.15, 0.2) is 60.7 Å². The Hall–Kier alpha value is -0.850. The van der Waals surface area contributed by atoms with Crippen LogP contribution in [-0.4, -0.2) is 13.0 Å². The molecule has 2 aromatic carbocycles. The third-order valence-electron chi connectivity index (χ3n) is 2.47. The van der Waals surface area contributed by atoms with Crippen molar-refractivity contribution in [1.82, 2.24) is 0 Å². The summed E-state index contributed by atoms with van der Waals surface area (Å²) in [5.74, 6) is 0. The van der Waals surface area contributed by atoms with Crippen molar-refractivity contribution in [2.75, 3.05) is 5.32 Å². The minimum absolute atomic E-state index is 0. The fourth-order valence-electron chi connectivity index (χ4n) is 1.64. The first-order valence-electron chi connectivity index (χ1n) is 5.40. The molecule has 4 nitrogen and oxygen atoms in total. The summed E-state index contributed by atoms with van der Waals surface area (Å²) >= 11 is 0. The second-order valence-corrected chi connectivity index (χ2v) is 5.32. The molecule has 0 spiro atoms. The van der Waals surface area contributed by atoms with Gasteiger partial charge in [0.15, 0.2) is 5.37 Å². The maximum absolute atomic E-state index is 11.4. The van der Waals surface area contributed by atoms with Crippen molar-refractivity contribution < 1.29 is 42.5 Å². The van der Waals surface area contributed by atoms with Crippen molar-refractivity contribution in [3.8, 4) is 0 Å². The average Bonchev–Trinajstić information content (AvgIpc) is 2.37. The van der Waals surface area contributed by atoms with E-state index < -0.39 is 15.5 Å². The molecule has 0 fully saturated rings.